The van der Waals surface area contributed by atoms with Crippen molar-refractivity contribution in [1.82, 2.24) is 14.5 Å². The summed E-state index contributed by atoms with van der Waals surface area (Å²) in [5.74, 6) is 0. The van der Waals surface area contributed by atoms with Crippen LogP contribution in [0.25, 0.3) is 0 Å². The molecule has 2 N–H and O–H groups in total. The van der Waals surface area contributed by atoms with Gasteiger partial charge < -0.3 is 9.84 Å². The van der Waals surface area contributed by atoms with Crippen molar-refractivity contribution in [2.24, 2.45) is 0 Å². The summed E-state index contributed by atoms with van der Waals surface area (Å²) in [7, 11) is -2.24. The highest BCUT2D eigenvalue weighted by Gasteiger charge is 2.27. The maximum Gasteiger partial charge on any atom is 0.260 e. The Kier molecular flexibility index (Phi) is 5.48. The highest BCUT2D eigenvalue weighted by Crippen LogP contribution is 2.17. The second-order valence-corrected chi connectivity index (χ2v) is 5.40. The Balaban J connectivity index is 3.04. The molecule has 0 aliphatic rings. The Hall–Kier alpha value is -1.22. The number of aromatic amines is 1. The highest BCUT2D eigenvalue weighted by molar-refractivity contribution is 7.89. The summed E-state index contributed by atoms with van der Waals surface area (Å²) >= 11 is 0. The molecule has 0 amide bonds. The molecule has 0 aromatic carbocycles. The van der Waals surface area contributed by atoms with Crippen LogP contribution in [0.15, 0.2) is 23.9 Å². The van der Waals surface area contributed by atoms with Gasteiger partial charge in [-0.05, 0) is 0 Å². The topological polar surface area (TPSA) is 95.5 Å². The van der Waals surface area contributed by atoms with Crippen molar-refractivity contribution in [3.05, 3.63) is 24.4 Å². The van der Waals surface area contributed by atoms with Gasteiger partial charge in [0.2, 0.25) is 0 Å². The van der Waals surface area contributed by atoms with E-state index in [2.05, 4.69) is 16.8 Å². The molecule has 0 unspecified atom stereocenters. The number of sulfonamides is 1. The fourth-order valence-corrected chi connectivity index (χ4v) is 2.90. The molecule has 0 bridgehead atoms. The number of aliphatic hydroxyl groups excluding tert-OH is 1. The first-order chi connectivity index (χ1) is 8.57. The second kappa shape index (κ2) is 6.64. The van der Waals surface area contributed by atoms with E-state index in [0.29, 0.717) is 0 Å². The van der Waals surface area contributed by atoms with Crippen molar-refractivity contribution in [3.8, 4) is 0 Å². The van der Waals surface area contributed by atoms with Crippen LogP contribution in [0, 0.1) is 0 Å². The summed E-state index contributed by atoms with van der Waals surface area (Å²) in [4.78, 5) is 0. The number of aromatic nitrogens is 2. The Morgan fingerprint density at radius 1 is 1.67 bits per heavy atom. The molecule has 0 spiro atoms. The SMILES string of the molecule is C=CCN(CCOC)S(=O)(=O)c1[nH]ncc1CO. The second-order valence-electron chi connectivity index (χ2n) is 3.53. The molecule has 0 atom stereocenters. The van der Waals surface area contributed by atoms with E-state index in [1.165, 1.54) is 23.7 Å². The van der Waals surface area contributed by atoms with E-state index < -0.39 is 16.6 Å². The Labute approximate surface area is 106 Å². The average Bonchev–Trinajstić information content (AvgIpc) is 2.83. The first-order valence-electron chi connectivity index (χ1n) is 5.31. The number of hydrogen-bond acceptors (Lipinski definition) is 5. The largest absolute Gasteiger partial charge is 0.392 e. The van der Waals surface area contributed by atoms with E-state index in [4.69, 9.17) is 9.84 Å². The molecule has 1 heterocycles. The highest BCUT2D eigenvalue weighted by atomic mass is 32.2. The van der Waals surface area contributed by atoms with Crippen molar-refractivity contribution in [1.29, 1.82) is 0 Å². The number of nitrogens with one attached hydrogen (secondary N) is 1. The molecule has 0 aliphatic heterocycles. The number of methoxy groups -OCH3 is 1. The lowest BCUT2D eigenvalue weighted by Gasteiger charge is -2.19. The lowest BCUT2D eigenvalue weighted by atomic mass is 10.4. The first kappa shape index (κ1) is 14.8. The van der Waals surface area contributed by atoms with Gasteiger partial charge in [-0.25, -0.2) is 8.42 Å². The van der Waals surface area contributed by atoms with Gasteiger partial charge in [0.05, 0.1) is 19.4 Å². The van der Waals surface area contributed by atoms with Crippen molar-refractivity contribution < 1.29 is 18.3 Å². The number of rotatable bonds is 8. The zero-order valence-electron chi connectivity index (χ0n) is 10.2. The smallest absolute Gasteiger partial charge is 0.260 e. The molecule has 0 radical (unpaired) electrons. The quantitative estimate of drug-likeness (QED) is 0.636. The Morgan fingerprint density at radius 3 is 2.94 bits per heavy atom. The van der Waals surface area contributed by atoms with E-state index in [0.717, 1.165) is 0 Å². The van der Waals surface area contributed by atoms with Crippen molar-refractivity contribution in [2.45, 2.75) is 11.6 Å². The summed E-state index contributed by atoms with van der Waals surface area (Å²) in [6.07, 6.45) is 2.78. The third kappa shape index (κ3) is 3.16. The van der Waals surface area contributed by atoms with Crippen LogP contribution in [0.4, 0.5) is 0 Å². The summed E-state index contributed by atoms with van der Waals surface area (Å²) in [5, 5.41) is 15.0. The van der Waals surface area contributed by atoms with Gasteiger partial charge in [0.25, 0.3) is 10.0 Å². The molecule has 1 aromatic rings. The lowest BCUT2D eigenvalue weighted by molar-refractivity contribution is 0.181. The van der Waals surface area contributed by atoms with Crippen molar-refractivity contribution >= 4 is 10.0 Å². The van der Waals surface area contributed by atoms with Crippen LogP contribution in [0.3, 0.4) is 0 Å². The fraction of sp³-hybridized carbons (Fsp3) is 0.500. The molecule has 0 saturated carbocycles. The maximum atomic E-state index is 12.3. The van der Waals surface area contributed by atoms with Crippen LogP contribution in [0.1, 0.15) is 5.56 Å². The predicted molar refractivity (Wildman–Crippen MR) is 65.3 cm³/mol. The van der Waals surface area contributed by atoms with E-state index in [9.17, 15) is 8.42 Å². The van der Waals surface area contributed by atoms with Crippen molar-refractivity contribution in [2.75, 3.05) is 26.8 Å². The van der Waals surface area contributed by atoms with Gasteiger partial charge in [0, 0.05) is 25.8 Å². The molecule has 0 fully saturated rings. The van der Waals surface area contributed by atoms with E-state index in [-0.39, 0.29) is 30.3 Å². The van der Waals surface area contributed by atoms with Crippen molar-refractivity contribution in [3.63, 3.8) is 0 Å². The summed E-state index contributed by atoms with van der Waals surface area (Å²) in [5.41, 5.74) is 0.237. The van der Waals surface area contributed by atoms with Gasteiger partial charge in [-0.15, -0.1) is 6.58 Å². The number of ether oxygens (including phenoxy) is 1. The molecular formula is C10H17N3O4S. The minimum Gasteiger partial charge on any atom is -0.392 e. The van der Waals surface area contributed by atoms with E-state index in [1.807, 2.05) is 0 Å². The number of hydrogen-bond donors (Lipinski definition) is 2. The van der Waals surface area contributed by atoms with Gasteiger partial charge >= 0.3 is 0 Å². The molecule has 1 rings (SSSR count). The fourth-order valence-electron chi connectivity index (χ4n) is 1.41. The van der Waals surface area contributed by atoms with Gasteiger partial charge in [-0.2, -0.15) is 9.40 Å². The third-order valence-electron chi connectivity index (χ3n) is 2.32. The Morgan fingerprint density at radius 2 is 2.39 bits per heavy atom. The van der Waals surface area contributed by atoms with Crippen LogP contribution in [0.5, 0.6) is 0 Å². The molecule has 102 valence electrons. The average molecular weight is 275 g/mol. The monoisotopic (exact) mass is 275 g/mol. The van der Waals surface area contributed by atoms with Crippen LogP contribution in [0.2, 0.25) is 0 Å². The predicted octanol–water partition coefficient (Wildman–Crippen LogP) is -0.275. The van der Waals surface area contributed by atoms with Crippen LogP contribution < -0.4 is 0 Å². The van der Waals surface area contributed by atoms with Gasteiger partial charge in [0.1, 0.15) is 0 Å². The molecule has 1 aromatic heterocycles. The molecule has 8 heteroatoms. The summed E-state index contributed by atoms with van der Waals surface area (Å²) in [6, 6.07) is 0. The summed E-state index contributed by atoms with van der Waals surface area (Å²) < 4.78 is 30.7. The zero-order chi connectivity index (χ0) is 13.6. The zero-order valence-corrected chi connectivity index (χ0v) is 11.0. The van der Waals surface area contributed by atoms with Gasteiger partial charge in [-0.1, -0.05) is 6.08 Å². The van der Waals surface area contributed by atoms with Gasteiger partial charge in [0.15, 0.2) is 5.03 Å². The number of nitrogens with zero attached hydrogens (tertiary/aromatic N) is 2. The standard InChI is InChI=1S/C10H17N3O4S/c1-3-4-13(5-6-17-2)18(15,16)10-9(8-14)7-11-12-10/h3,7,14H,1,4-6,8H2,2H3,(H,11,12). The minimum absolute atomic E-state index is 0.0945. The summed E-state index contributed by atoms with van der Waals surface area (Å²) in [6.45, 7) is 3.77. The molecular weight excluding hydrogens is 258 g/mol. The van der Waals surface area contributed by atoms with Crippen LogP contribution >= 0.6 is 0 Å². The first-order valence-corrected chi connectivity index (χ1v) is 6.75. The lowest BCUT2D eigenvalue weighted by Crippen LogP contribution is -2.34. The van der Waals surface area contributed by atoms with E-state index >= 15 is 0 Å². The third-order valence-corrected chi connectivity index (χ3v) is 4.20. The molecule has 0 saturated heterocycles. The number of H-pyrrole nitrogens is 1. The Bertz CT molecular complexity index is 483. The number of aliphatic hydroxyl groups is 1. The molecule has 7 nitrogen and oxygen atoms in total. The molecule has 0 aliphatic carbocycles. The van der Waals surface area contributed by atoms with Crippen LogP contribution in [-0.2, 0) is 21.4 Å². The van der Waals surface area contributed by atoms with Gasteiger partial charge in [-0.3, -0.25) is 5.10 Å². The molecule has 18 heavy (non-hydrogen) atoms. The minimum atomic E-state index is -3.73. The maximum absolute atomic E-state index is 12.3. The normalized spacial score (nSPS) is 11.9. The van der Waals surface area contributed by atoms with Crippen LogP contribution in [-0.4, -0.2) is 54.8 Å². The van der Waals surface area contributed by atoms with E-state index in [1.54, 1.807) is 0 Å².